The van der Waals surface area contributed by atoms with E-state index in [1.165, 1.54) is 35.5 Å². The highest BCUT2D eigenvalue weighted by Gasteiger charge is 2.31. The summed E-state index contributed by atoms with van der Waals surface area (Å²) in [6.45, 7) is 3.09. The summed E-state index contributed by atoms with van der Waals surface area (Å²) in [5.41, 5.74) is 6.09. The lowest BCUT2D eigenvalue weighted by Crippen LogP contribution is -2.37. The summed E-state index contributed by atoms with van der Waals surface area (Å²) in [6, 6.07) is 4.56. The van der Waals surface area contributed by atoms with Gasteiger partial charge in [-0.25, -0.2) is 13.2 Å². The van der Waals surface area contributed by atoms with Crippen LogP contribution in [0.15, 0.2) is 29.2 Å². The zero-order chi connectivity index (χ0) is 25.3. The minimum atomic E-state index is -3.61. The Bertz CT molecular complexity index is 1300. The molecule has 1 aromatic heterocycles. The third kappa shape index (κ3) is 5.06. The number of nitrogens with two attached hydrogens (primary N) is 1. The van der Waals surface area contributed by atoms with Gasteiger partial charge in [0, 0.05) is 37.0 Å². The third-order valence-electron chi connectivity index (χ3n) is 6.01. The quantitative estimate of drug-likeness (QED) is 0.543. The Hall–Kier alpha value is -3.29. The van der Waals surface area contributed by atoms with Crippen LogP contribution >= 0.6 is 11.3 Å². The molecule has 2 aliphatic rings. The molecule has 0 unspecified atom stereocenters. The van der Waals surface area contributed by atoms with Gasteiger partial charge in [-0.05, 0) is 49.1 Å². The van der Waals surface area contributed by atoms with Gasteiger partial charge in [0.05, 0.1) is 17.0 Å². The van der Waals surface area contributed by atoms with Crippen LogP contribution in [0, 0.1) is 0 Å². The molecule has 11 nitrogen and oxygen atoms in total. The van der Waals surface area contributed by atoms with E-state index in [0.717, 1.165) is 29.1 Å². The van der Waals surface area contributed by atoms with E-state index >= 15 is 0 Å². The van der Waals surface area contributed by atoms with Gasteiger partial charge in [0.1, 0.15) is 5.00 Å². The van der Waals surface area contributed by atoms with Crippen molar-refractivity contribution in [3.8, 4) is 0 Å². The fourth-order valence-electron chi connectivity index (χ4n) is 4.21. The van der Waals surface area contributed by atoms with Crippen molar-refractivity contribution in [1.29, 1.82) is 0 Å². The van der Waals surface area contributed by atoms with Crippen LogP contribution in [0.25, 0.3) is 0 Å². The number of fused-ring (bicyclic) bond motifs is 1. The SMILES string of the molecule is CC(=O)N1CCc2c(sc(NC(=O)c3ccc(S(=O)(=O)N4CCCC4)cc3)c2C(=O)NC(N)=O)C1. The number of sulfonamides is 1. The Morgan fingerprint density at radius 3 is 2.26 bits per heavy atom. The average Bonchev–Trinajstić information content (AvgIpc) is 3.46. The molecule has 186 valence electrons. The highest BCUT2D eigenvalue weighted by Crippen LogP contribution is 2.37. The molecular formula is C22H25N5O6S2. The highest BCUT2D eigenvalue weighted by atomic mass is 32.2. The maximum absolute atomic E-state index is 13.0. The molecule has 2 aromatic rings. The maximum Gasteiger partial charge on any atom is 0.319 e. The second kappa shape index (κ2) is 9.76. The molecular weight excluding hydrogens is 494 g/mol. The number of urea groups is 1. The number of nitrogens with one attached hydrogen (secondary N) is 2. The van der Waals surface area contributed by atoms with Crippen molar-refractivity contribution in [3.63, 3.8) is 0 Å². The van der Waals surface area contributed by atoms with Crippen LogP contribution < -0.4 is 16.4 Å². The van der Waals surface area contributed by atoms with Crippen LogP contribution in [0.2, 0.25) is 0 Å². The van der Waals surface area contributed by atoms with Gasteiger partial charge in [-0.15, -0.1) is 11.3 Å². The largest absolute Gasteiger partial charge is 0.351 e. The molecule has 3 heterocycles. The monoisotopic (exact) mass is 519 g/mol. The predicted octanol–water partition coefficient (Wildman–Crippen LogP) is 1.50. The number of hydrogen-bond donors (Lipinski definition) is 3. The van der Waals surface area contributed by atoms with E-state index in [1.807, 2.05) is 5.32 Å². The first-order chi connectivity index (χ1) is 16.6. The normalized spacial score (nSPS) is 16.0. The third-order valence-corrected chi connectivity index (χ3v) is 9.06. The van der Waals surface area contributed by atoms with Crippen LogP contribution in [-0.2, 0) is 27.8 Å². The van der Waals surface area contributed by atoms with Crippen molar-refractivity contribution in [1.82, 2.24) is 14.5 Å². The van der Waals surface area contributed by atoms with Gasteiger partial charge in [0.15, 0.2) is 0 Å². The summed E-state index contributed by atoms with van der Waals surface area (Å²) in [5.74, 6) is -1.40. The van der Waals surface area contributed by atoms with Gasteiger partial charge in [0.25, 0.3) is 11.8 Å². The number of nitrogens with zero attached hydrogens (tertiary/aromatic N) is 2. The molecule has 13 heteroatoms. The lowest BCUT2D eigenvalue weighted by Gasteiger charge is -2.25. The topological polar surface area (TPSA) is 159 Å². The van der Waals surface area contributed by atoms with Crippen molar-refractivity contribution in [2.75, 3.05) is 25.0 Å². The van der Waals surface area contributed by atoms with Crippen molar-refractivity contribution in [2.45, 2.75) is 37.6 Å². The molecule has 0 saturated carbocycles. The zero-order valence-corrected chi connectivity index (χ0v) is 20.6. The summed E-state index contributed by atoms with van der Waals surface area (Å²) >= 11 is 1.14. The van der Waals surface area contributed by atoms with Crippen molar-refractivity contribution in [3.05, 3.63) is 45.8 Å². The van der Waals surface area contributed by atoms with Crippen molar-refractivity contribution >= 4 is 50.1 Å². The maximum atomic E-state index is 13.0. The number of imide groups is 1. The molecule has 0 atom stereocenters. The van der Waals surface area contributed by atoms with Gasteiger partial charge in [-0.2, -0.15) is 4.31 Å². The number of amides is 5. The fourth-order valence-corrected chi connectivity index (χ4v) is 6.98. The standard InChI is InChI=1S/C22H25N5O6S2/c1-13(28)26-11-8-16-17(12-26)34-21(18(16)20(30)25-22(23)31)24-19(29)14-4-6-15(7-5-14)35(32,33)27-9-2-3-10-27/h4-7H,2-3,8-12H2,1H3,(H,24,29)(H3,23,25,30,31). The summed E-state index contributed by atoms with van der Waals surface area (Å²) in [7, 11) is -3.61. The van der Waals surface area contributed by atoms with E-state index < -0.39 is 27.9 Å². The number of thiophene rings is 1. The van der Waals surface area contributed by atoms with Gasteiger partial charge < -0.3 is 16.0 Å². The lowest BCUT2D eigenvalue weighted by molar-refractivity contribution is -0.129. The summed E-state index contributed by atoms with van der Waals surface area (Å²) in [6.07, 6.45) is 2.02. The lowest BCUT2D eigenvalue weighted by atomic mass is 10.0. The molecule has 1 saturated heterocycles. The average molecular weight is 520 g/mol. The number of carbonyl (C=O) groups is 4. The number of primary amides is 1. The van der Waals surface area contributed by atoms with E-state index in [9.17, 15) is 27.6 Å². The van der Waals surface area contributed by atoms with Crippen molar-refractivity contribution in [2.24, 2.45) is 5.73 Å². The fraction of sp³-hybridized carbons (Fsp3) is 0.364. The van der Waals surface area contributed by atoms with E-state index in [1.54, 1.807) is 4.90 Å². The van der Waals surface area contributed by atoms with Gasteiger partial charge in [0.2, 0.25) is 15.9 Å². The second-order valence-corrected chi connectivity index (χ2v) is 11.3. The summed E-state index contributed by atoms with van der Waals surface area (Å²) < 4.78 is 26.9. The Labute approximate surface area is 206 Å². The number of benzene rings is 1. The smallest absolute Gasteiger partial charge is 0.319 e. The molecule has 4 N–H and O–H groups in total. The minimum absolute atomic E-state index is 0.105. The van der Waals surface area contributed by atoms with E-state index in [-0.39, 0.29) is 33.5 Å². The number of hydrogen-bond acceptors (Lipinski definition) is 7. The van der Waals surface area contributed by atoms with Gasteiger partial charge in [-0.3, -0.25) is 19.7 Å². The van der Waals surface area contributed by atoms with Crippen LogP contribution in [0.5, 0.6) is 0 Å². The molecule has 2 aliphatic heterocycles. The first kappa shape index (κ1) is 24.8. The van der Waals surface area contributed by atoms with E-state index in [0.29, 0.717) is 31.6 Å². The van der Waals surface area contributed by atoms with Crippen molar-refractivity contribution < 1.29 is 27.6 Å². The van der Waals surface area contributed by atoms with Crippen LogP contribution in [0.1, 0.15) is 50.9 Å². The Balaban J connectivity index is 1.59. The highest BCUT2D eigenvalue weighted by molar-refractivity contribution is 7.89. The second-order valence-electron chi connectivity index (χ2n) is 8.31. The summed E-state index contributed by atoms with van der Waals surface area (Å²) in [5, 5.41) is 4.96. The van der Waals surface area contributed by atoms with E-state index in [2.05, 4.69) is 5.32 Å². The van der Waals surface area contributed by atoms with Gasteiger partial charge >= 0.3 is 6.03 Å². The molecule has 0 aliphatic carbocycles. The zero-order valence-electron chi connectivity index (χ0n) is 19.0. The Morgan fingerprint density at radius 1 is 1.00 bits per heavy atom. The molecule has 0 radical (unpaired) electrons. The molecule has 0 bridgehead atoms. The molecule has 4 rings (SSSR count). The first-order valence-electron chi connectivity index (χ1n) is 11.0. The molecule has 1 fully saturated rings. The molecule has 35 heavy (non-hydrogen) atoms. The van der Waals surface area contributed by atoms with Crippen LogP contribution in [0.3, 0.4) is 0 Å². The van der Waals surface area contributed by atoms with Gasteiger partial charge in [-0.1, -0.05) is 0 Å². The first-order valence-corrected chi connectivity index (χ1v) is 13.3. The number of anilines is 1. The van der Waals surface area contributed by atoms with Crippen LogP contribution in [0.4, 0.5) is 9.80 Å². The molecule has 1 aromatic carbocycles. The minimum Gasteiger partial charge on any atom is -0.351 e. The summed E-state index contributed by atoms with van der Waals surface area (Å²) in [4.78, 5) is 51.2. The number of carbonyl (C=O) groups excluding carboxylic acids is 4. The Kier molecular flexibility index (Phi) is 6.92. The van der Waals surface area contributed by atoms with E-state index in [4.69, 9.17) is 5.73 Å². The molecule has 5 amide bonds. The predicted molar refractivity (Wildman–Crippen MR) is 129 cm³/mol. The van der Waals surface area contributed by atoms with Crippen LogP contribution in [-0.4, -0.2) is 61.0 Å². The Morgan fingerprint density at radius 2 is 1.66 bits per heavy atom. The number of rotatable bonds is 5. The molecule has 0 spiro atoms.